The molecular weight excluding hydrogens is 268 g/mol. The quantitative estimate of drug-likeness (QED) is 0.839. The van der Waals surface area contributed by atoms with E-state index in [2.05, 4.69) is 5.32 Å². The molecule has 1 amide bonds. The molecule has 18 heavy (non-hydrogen) atoms. The van der Waals surface area contributed by atoms with E-state index in [0.29, 0.717) is 28.1 Å². The highest BCUT2D eigenvalue weighted by atomic mass is 35.5. The predicted molar refractivity (Wildman–Crippen MR) is 78.3 cm³/mol. The van der Waals surface area contributed by atoms with Crippen LogP contribution >= 0.6 is 23.4 Å². The third-order valence-electron chi connectivity index (χ3n) is 3.02. The number of hydrogen-bond donors (Lipinski definition) is 2. The van der Waals surface area contributed by atoms with Crippen LogP contribution in [0.25, 0.3) is 0 Å². The Labute approximate surface area is 116 Å². The van der Waals surface area contributed by atoms with Crippen LogP contribution in [0.5, 0.6) is 0 Å². The van der Waals surface area contributed by atoms with Crippen molar-refractivity contribution < 1.29 is 4.79 Å². The fourth-order valence-corrected chi connectivity index (χ4v) is 3.41. The summed E-state index contributed by atoms with van der Waals surface area (Å²) < 4.78 is 0. The van der Waals surface area contributed by atoms with Gasteiger partial charge in [-0.1, -0.05) is 18.0 Å². The summed E-state index contributed by atoms with van der Waals surface area (Å²) in [7, 11) is 0. The minimum atomic E-state index is -0.138. The molecule has 0 radical (unpaired) electrons. The van der Waals surface area contributed by atoms with Gasteiger partial charge >= 0.3 is 0 Å². The van der Waals surface area contributed by atoms with Crippen molar-refractivity contribution in [1.29, 1.82) is 0 Å². The molecule has 1 aromatic rings. The van der Waals surface area contributed by atoms with Gasteiger partial charge in [0.1, 0.15) is 0 Å². The van der Waals surface area contributed by atoms with Crippen molar-refractivity contribution >= 4 is 35.0 Å². The molecule has 1 saturated heterocycles. The average Bonchev–Trinajstić information content (AvgIpc) is 2.40. The van der Waals surface area contributed by atoms with Crippen molar-refractivity contribution in [2.45, 2.75) is 24.5 Å². The number of benzene rings is 1. The second-order valence-electron chi connectivity index (χ2n) is 4.43. The number of rotatable bonds is 3. The SMILES string of the molecule is Nc1ccc(Cl)cc1C(=O)NCC1CCCCS1. The van der Waals surface area contributed by atoms with Crippen LogP contribution in [-0.4, -0.2) is 23.5 Å². The number of nitrogens with one attached hydrogen (secondary N) is 1. The topological polar surface area (TPSA) is 55.1 Å². The second kappa shape index (κ2) is 6.34. The molecule has 98 valence electrons. The maximum atomic E-state index is 12.0. The molecule has 3 N–H and O–H groups in total. The number of halogens is 1. The van der Waals surface area contributed by atoms with E-state index < -0.39 is 0 Å². The molecule has 0 saturated carbocycles. The Balaban J connectivity index is 1.92. The summed E-state index contributed by atoms with van der Waals surface area (Å²) in [4.78, 5) is 12.0. The van der Waals surface area contributed by atoms with E-state index in [1.807, 2.05) is 11.8 Å². The Hall–Kier alpha value is -0.870. The highest BCUT2D eigenvalue weighted by Crippen LogP contribution is 2.24. The molecule has 1 fully saturated rings. The van der Waals surface area contributed by atoms with Crippen molar-refractivity contribution in [3.8, 4) is 0 Å². The lowest BCUT2D eigenvalue weighted by Gasteiger charge is -2.21. The van der Waals surface area contributed by atoms with Crippen molar-refractivity contribution in [2.75, 3.05) is 18.0 Å². The lowest BCUT2D eigenvalue weighted by molar-refractivity contribution is 0.0954. The highest BCUT2D eigenvalue weighted by molar-refractivity contribution is 7.99. The Bertz CT molecular complexity index is 433. The van der Waals surface area contributed by atoms with Crippen LogP contribution in [0, 0.1) is 0 Å². The fraction of sp³-hybridized carbons (Fsp3) is 0.462. The second-order valence-corrected chi connectivity index (χ2v) is 6.27. The van der Waals surface area contributed by atoms with Gasteiger partial charge in [0.15, 0.2) is 0 Å². The molecule has 0 aliphatic carbocycles. The van der Waals surface area contributed by atoms with Gasteiger partial charge in [-0.2, -0.15) is 11.8 Å². The summed E-state index contributed by atoms with van der Waals surface area (Å²) in [5.41, 5.74) is 6.70. The highest BCUT2D eigenvalue weighted by Gasteiger charge is 2.16. The van der Waals surface area contributed by atoms with E-state index in [1.165, 1.54) is 25.0 Å². The summed E-state index contributed by atoms with van der Waals surface area (Å²) in [6.45, 7) is 0.704. The van der Waals surface area contributed by atoms with E-state index in [0.717, 1.165) is 0 Å². The van der Waals surface area contributed by atoms with Gasteiger partial charge in [-0.25, -0.2) is 0 Å². The number of thioether (sulfide) groups is 1. The molecule has 1 heterocycles. The molecular formula is C13H17ClN2OS. The molecule has 1 aromatic carbocycles. The molecule has 0 spiro atoms. The van der Waals surface area contributed by atoms with Gasteiger partial charge in [-0.3, -0.25) is 4.79 Å². The Morgan fingerprint density at radius 2 is 2.33 bits per heavy atom. The van der Waals surface area contributed by atoms with Crippen molar-refractivity contribution in [3.05, 3.63) is 28.8 Å². The van der Waals surface area contributed by atoms with Gasteiger partial charge < -0.3 is 11.1 Å². The first-order valence-electron chi connectivity index (χ1n) is 6.11. The molecule has 2 rings (SSSR count). The monoisotopic (exact) mass is 284 g/mol. The largest absolute Gasteiger partial charge is 0.398 e. The lowest BCUT2D eigenvalue weighted by atomic mass is 10.1. The van der Waals surface area contributed by atoms with E-state index in [1.54, 1.807) is 18.2 Å². The van der Waals surface area contributed by atoms with E-state index in [4.69, 9.17) is 17.3 Å². The van der Waals surface area contributed by atoms with Crippen molar-refractivity contribution in [2.24, 2.45) is 0 Å². The molecule has 5 heteroatoms. The first-order chi connectivity index (χ1) is 8.66. The maximum absolute atomic E-state index is 12.0. The Morgan fingerprint density at radius 3 is 3.06 bits per heavy atom. The summed E-state index contributed by atoms with van der Waals surface area (Å²) in [6.07, 6.45) is 3.72. The van der Waals surface area contributed by atoms with Gasteiger partial charge in [0, 0.05) is 22.5 Å². The molecule has 1 aliphatic heterocycles. The predicted octanol–water partition coefficient (Wildman–Crippen LogP) is 2.94. The summed E-state index contributed by atoms with van der Waals surface area (Å²) in [6, 6.07) is 4.96. The number of nitrogens with two attached hydrogens (primary N) is 1. The van der Waals surface area contributed by atoms with Gasteiger partial charge in [0.2, 0.25) is 0 Å². The number of hydrogen-bond acceptors (Lipinski definition) is 3. The van der Waals surface area contributed by atoms with Crippen LogP contribution < -0.4 is 11.1 Å². The van der Waals surface area contributed by atoms with Crippen molar-refractivity contribution in [1.82, 2.24) is 5.32 Å². The number of carbonyl (C=O) groups is 1. The fourth-order valence-electron chi connectivity index (χ4n) is 2.00. The third kappa shape index (κ3) is 3.56. The molecule has 0 aromatic heterocycles. The van der Waals surface area contributed by atoms with Gasteiger partial charge in [-0.15, -0.1) is 0 Å². The Morgan fingerprint density at radius 1 is 1.50 bits per heavy atom. The summed E-state index contributed by atoms with van der Waals surface area (Å²) in [5.74, 6) is 1.06. The zero-order valence-electron chi connectivity index (χ0n) is 10.1. The smallest absolute Gasteiger partial charge is 0.253 e. The van der Waals surface area contributed by atoms with Gasteiger partial charge in [-0.05, 0) is 36.8 Å². The lowest BCUT2D eigenvalue weighted by Crippen LogP contribution is -2.32. The summed E-state index contributed by atoms with van der Waals surface area (Å²) in [5, 5.41) is 4.00. The van der Waals surface area contributed by atoms with Crippen LogP contribution in [0.3, 0.4) is 0 Å². The zero-order chi connectivity index (χ0) is 13.0. The van der Waals surface area contributed by atoms with Crippen LogP contribution in [0.4, 0.5) is 5.69 Å². The zero-order valence-corrected chi connectivity index (χ0v) is 11.7. The van der Waals surface area contributed by atoms with Gasteiger partial charge in [0.25, 0.3) is 5.91 Å². The van der Waals surface area contributed by atoms with Crippen LogP contribution in [0.1, 0.15) is 29.6 Å². The molecule has 1 aliphatic rings. The number of nitrogen functional groups attached to an aromatic ring is 1. The standard InChI is InChI=1S/C13H17ClN2OS/c14-9-4-5-12(15)11(7-9)13(17)16-8-10-3-1-2-6-18-10/h4-5,7,10H,1-3,6,8,15H2,(H,16,17). The normalized spacial score (nSPS) is 19.5. The maximum Gasteiger partial charge on any atom is 0.253 e. The number of carbonyl (C=O) groups excluding carboxylic acids is 1. The van der Waals surface area contributed by atoms with Crippen LogP contribution in [0.2, 0.25) is 5.02 Å². The van der Waals surface area contributed by atoms with Crippen LogP contribution in [-0.2, 0) is 0 Å². The van der Waals surface area contributed by atoms with Gasteiger partial charge in [0.05, 0.1) is 5.56 Å². The van der Waals surface area contributed by atoms with E-state index in [9.17, 15) is 4.79 Å². The third-order valence-corrected chi connectivity index (χ3v) is 4.66. The average molecular weight is 285 g/mol. The van der Waals surface area contributed by atoms with Crippen LogP contribution in [0.15, 0.2) is 18.2 Å². The first kappa shape index (κ1) is 13.6. The first-order valence-corrected chi connectivity index (χ1v) is 7.54. The number of anilines is 1. The molecule has 3 nitrogen and oxygen atoms in total. The van der Waals surface area contributed by atoms with Crippen molar-refractivity contribution in [3.63, 3.8) is 0 Å². The molecule has 0 bridgehead atoms. The van der Waals surface area contributed by atoms with E-state index >= 15 is 0 Å². The minimum Gasteiger partial charge on any atom is -0.398 e. The summed E-state index contributed by atoms with van der Waals surface area (Å²) >= 11 is 7.81. The Kier molecular flexibility index (Phi) is 4.78. The van der Waals surface area contributed by atoms with E-state index in [-0.39, 0.29) is 5.91 Å². The number of amides is 1. The molecule has 1 unspecified atom stereocenters. The minimum absolute atomic E-state index is 0.138. The molecule has 1 atom stereocenters.